The van der Waals surface area contributed by atoms with Crippen LogP contribution in [0, 0.1) is 17.3 Å². The lowest BCUT2D eigenvalue weighted by Gasteiger charge is -2.46. The van der Waals surface area contributed by atoms with Gasteiger partial charge in [-0.1, -0.05) is 41.0 Å². The maximum Gasteiger partial charge on any atom is 0.0249 e. The molecular weight excluding hydrogens is 232 g/mol. The molecule has 2 heteroatoms. The molecule has 0 aromatic heterocycles. The fourth-order valence-electron chi connectivity index (χ4n) is 3.68. The summed E-state index contributed by atoms with van der Waals surface area (Å²) >= 11 is 0. The Hall–Kier alpha value is -0.0800. The first kappa shape index (κ1) is 17.0. The number of rotatable bonds is 6. The van der Waals surface area contributed by atoms with Gasteiger partial charge in [-0.05, 0) is 50.6 Å². The molecule has 0 aromatic rings. The first-order valence-corrected chi connectivity index (χ1v) is 8.19. The molecule has 2 nitrogen and oxygen atoms in total. The predicted octanol–water partition coefficient (Wildman–Crippen LogP) is 3.77. The van der Waals surface area contributed by atoms with Crippen molar-refractivity contribution in [1.82, 2.24) is 10.2 Å². The van der Waals surface area contributed by atoms with Crippen LogP contribution in [0.1, 0.15) is 60.3 Å². The lowest BCUT2D eigenvalue weighted by Crippen LogP contribution is -2.53. The van der Waals surface area contributed by atoms with Crippen LogP contribution in [-0.4, -0.2) is 37.6 Å². The van der Waals surface area contributed by atoms with E-state index in [0.29, 0.717) is 17.5 Å². The third kappa shape index (κ3) is 4.46. The Balaban J connectivity index is 2.73. The summed E-state index contributed by atoms with van der Waals surface area (Å²) in [5.41, 5.74) is 0.496. The molecule has 0 aromatic carbocycles. The van der Waals surface area contributed by atoms with Crippen molar-refractivity contribution in [3.63, 3.8) is 0 Å². The van der Waals surface area contributed by atoms with Gasteiger partial charge in [-0.25, -0.2) is 0 Å². The van der Waals surface area contributed by atoms with Gasteiger partial charge in [0.15, 0.2) is 0 Å². The molecule has 0 amide bonds. The topological polar surface area (TPSA) is 15.3 Å². The van der Waals surface area contributed by atoms with E-state index in [1.54, 1.807) is 0 Å². The quantitative estimate of drug-likeness (QED) is 0.789. The average Bonchev–Trinajstić information content (AvgIpc) is 2.37. The van der Waals surface area contributed by atoms with Gasteiger partial charge >= 0.3 is 0 Å². The van der Waals surface area contributed by atoms with E-state index in [-0.39, 0.29) is 0 Å². The summed E-state index contributed by atoms with van der Waals surface area (Å²) in [7, 11) is 4.45. The molecule has 1 rings (SSSR count). The number of nitrogens with zero attached hydrogens (tertiary/aromatic N) is 1. The standard InChI is InChI=1S/C17H36N2/c1-8-17(4,5)14-9-10-15(18-6)16(11-14)19(7)12-13(2)3/h13-16,18H,8-12H2,1-7H3. The van der Waals surface area contributed by atoms with Crippen LogP contribution in [0.4, 0.5) is 0 Å². The molecule has 1 aliphatic rings. The normalized spacial score (nSPS) is 29.2. The van der Waals surface area contributed by atoms with Gasteiger partial charge in [-0.15, -0.1) is 0 Å². The highest BCUT2D eigenvalue weighted by Gasteiger charge is 2.38. The fourth-order valence-corrected chi connectivity index (χ4v) is 3.68. The largest absolute Gasteiger partial charge is 0.315 e. The number of nitrogens with one attached hydrogen (secondary N) is 1. The van der Waals surface area contributed by atoms with Crippen molar-refractivity contribution in [1.29, 1.82) is 0 Å². The zero-order valence-electron chi connectivity index (χ0n) is 14.3. The van der Waals surface area contributed by atoms with Crippen LogP contribution in [0.2, 0.25) is 0 Å². The van der Waals surface area contributed by atoms with Crippen molar-refractivity contribution < 1.29 is 0 Å². The van der Waals surface area contributed by atoms with Gasteiger partial charge in [-0.2, -0.15) is 0 Å². The first-order chi connectivity index (χ1) is 8.81. The molecule has 0 radical (unpaired) electrons. The van der Waals surface area contributed by atoms with E-state index < -0.39 is 0 Å². The zero-order valence-corrected chi connectivity index (χ0v) is 14.3. The van der Waals surface area contributed by atoms with E-state index in [1.165, 1.54) is 32.2 Å². The van der Waals surface area contributed by atoms with Crippen LogP contribution < -0.4 is 5.32 Å². The van der Waals surface area contributed by atoms with E-state index in [0.717, 1.165) is 11.8 Å². The minimum absolute atomic E-state index is 0.496. The summed E-state index contributed by atoms with van der Waals surface area (Å²) in [5, 5.41) is 3.56. The Morgan fingerprint density at radius 2 is 1.89 bits per heavy atom. The monoisotopic (exact) mass is 268 g/mol. The minimum Gasteiger partial charge on any atom is -0.315 e. The van der Waals surface area contributed by atoms with Crippen LogP contribution in [0.25, 0.3) is 0 Å². The summed E-state index contributed by atoms with van der Waals surface area (Å²) in [6, 6.07) is 1.38. The Bertz CT molecular complexity index is 260. The van der Waals surface area contributed by atoms with Gasteiger partial charge in [0.25, 0.3) is 0 Å². The van der Waals surface area contributed by atoms with Crippen molar-refractivity contribution >= 4 is 0 Å². The summed E-state index contributed by atoms with van der Waals surface area (Å²) in [5.74, 6) is 1.63. The van der Waals surface area contributed by atoms with E-state index in [9.17, 15) is 0 Å². The van der Waals surface area contributed by atoms with E-state index in [4.69, 9.17) is 0 Å². The van der Waals surface area contributed by atoms with Crippen LogP contribution in [0.15, 0.2) is 0 Å². The van der Waals surface area contributed by atoms with Crippen molar-refractivity contribution in [2.45, 2.75) is 72.4 Å². The lowest BCUT2D eigenvalue weighted by molar-refractivity contribution is 0.0596. The number of likely N-dealkylation sites (N-methyl/N-ethyl adjacent to an activating group) is 2. The average molecular weight is 268 g/mol. The van der Waals surface area contributed by atoms with E-state index in [1.807, 2.05) is 0 Å². The van der Waals surface area contributed by atoms with Crippen LogP contribution in [-0.2, 0) is 0 Å². The number of hydrogen-bond acceptors (Lipinski definition) is 2. The highest BCUT2D eigenvalue weighted by atomic mass is 15.2. The first-order valence-electron chi connectivity index (χ1n) is 8.19. The second kappa shape index (κ2) is 7.08. The Morgan fingerprint density at radius 1 is 1.26 bits per heavy atom. The smallest absolute Gasteiger partial charge is 0.0249 e. The number of hydrogen-bond donors (Lipinski definition) is 1. The van der Waals surface area contributed by atoms with E-state index >= 15 is 0 Å². The molecule has 0 aliphatic heterocycles. The van der Waals surface area contributed by atoms with Gasteiger partial charge in [0.05, 0.1) is 0 Å². The maximum absolute atomic E-state index is 3.56. The summed E-state index contributed by atoms with van der Waals surface area (Å²) in [6.07, 6.45) is 5.37. The SMILES string of the molecule is CCC(C)(C)C1CCC(NC)C(N(C)CC(C)C)C1. The molecule has 3 atom stereocenters. The highest BCUT2D eigenvalue weighted by molar-refractivity contribution is 4.93. The summed E-state index contributed by atoms with van der Waals surface area (Å²) in [4.78, 5) is 2.60. The molecule has 1 fully saturated rings. The second-order valence-electron chi connectivity index (χ2n) is 7.65. The van der Waals surface area contributed by atoms with Gasteiger partial charge in [0.2, 0.25) is 0 Å². The van der Waals surface area contributed by atoms with Gasteiger partial charge < -0.3 is 10.2 Å². The van der Waals surface area contributed by atoms with Crippen molar-refractivity contribution in [2.24, 2.45) is 17.3 Å². The Kier molecular flexibility index (Phi) is 6.32. The minimum atomic E-state index is 0.496. The molecule has 0 bridgehead atoms. The van der Waals surface area contributed by atoms with Crippen molar-refractivity contribution in [3.05, 3.63) is 0 Å². The zero-order chi connectivity index (χ0) is 14.6. The summed E-state index contributed by atoms with van der Waals surface area (Å²) < 4.78 is 0. The maximum atomic E-state index is 3.56. The van der Waals surface area contributed by atoms with Gasteiger partial charge in [0.1, 0.15) is 0 Å². The second-order valence-corrected chi connectivity index (χ2v) is 7.65. The molecule has 1 aliphatic carbocycles. The highest BCUT2D eigenvalue weighted by Crippen LogP contribution is 2.41. The predicted molar refractivity (Wildman–Crippen MR) is 85.5 cm³/mol. The summed E-state index contributed by atoms with van der Waals surface area (Å²) in [6.45, 7) is 13.1. The Labute approximate surface area is 121 Å². The third-order valence-corrected chi connectivity index (χ3v) is 5.42. The lowest BCUT2D eigenvalue weighted by atomic mass is 9.67. The molecule has 19 heavy (non-hydrogen) atoms. The van der Waals surface area contributed by atoms with Gasteiger partial charge in [-0.3, -0.25) is 0 Å². The molecule has 1 saturated carbocycles. The molecule has 114 valence electrons. The van der Waals surface area contributed by atoms with Gasteiger partial charge in [0, 0.05) is 18.6 Å². The van der Waals surface area contributed by atoms with E-state index in [2.05, 4.69) is 58.9 Å². The molecule has 0 heterocycles. The van der Waals surface area contributed by atoms with Crippen LogP contribution >= 0.6 is 0 Å². The van der Waals surface area contributed by atoms with Crippen LogP contribution in [0.3, 0.4) is 0 Å². The van der Waals surface area contributed by atoms with Crippen LogP contribution in [0.5, 0.6) is 0 Å². The Morgan fingerprint density at radius 3 is 2.37 bits per heavy atom. The van der Waals surface area contributed by atoms with Crippen molar-refractivity contribution in [3.8, 4) is 0 Å². The molecule has 0 spiro atoms. The fraction of sp³-hybridized carbons (Fsp3) is 1.00. The molecule has 1 N–H and O–H groups in total. The third-order valence-electron chi connectivity index (χ3n) is 5.42. The van der Waals surface area contributed by atoms with Crippen molar-refractivity contribution in [2.75, 3.05) is 20.6 Å². The molecule has 0 saturated heterocycles. The molecule has 3 unspecified atom stereocenters. The molecular formula is C17H36N2.